The molecule has 1 atom stereocenters. The number of hydrogen-bond donors (Lipinski definition) is 1. The smallest absolute Gasteiger partial charge is 0.326 e. The van der Waals surface area contributed by atoms with Gasteiger partial charge >= 0.3 is 11.7 Å². The van der Waals surface area contributed by atoms with Gasteiger partial charge in [0.05, 0.1) is 37.9 Å². The normalized spacial score (nSPS) is 11.8. The third-order valence-corrected chi connectivity index (χ3v) is 6.56. The van der Waals surface area contributed by atoms with E-state index in [0.29, 0.717) is 0 Å². The zero-order valence-electron chi connectivity index (χ0n) is 22.4. The van der Waals surface area contributed by atoms with Crippen LogP contribution in [0.2, 0.25) is 0 Å². The molecule has 206 valence electrons. The molecule has 4 aromatic carbocycles. The Morgan fingerprint density at radius 3 is 1.62 bits per heavy atom. The molecule has 4 aromatic rings. The average Bonchev–Trinajstić information content (AvgIpc) is 3.01. The maximum absolute atomic E-state index is 13.2. The summed E-state index contributed by atoms with van der Waals surface area (Å²) in [6.45, 7) is -0.281. The van der Waals surface area contributed by atoms with Crippen molar-refractivity contribution in [1.29, 1.82) is 0 Å². The lowest BCUT2D eigenvalue weighted by Crippen LogP contribution is -2.55. The van der Waals surface area contributed by atoms with Crippen molar-refractivity contribution >= 4 is 11.7 Å². The molecular formula is C31H30N2O7. The lowest BCUT2D eigenvalue weighted by molar-refractivity contribution is -0.386. The summed E-state index contributed by atoms with van der Waals surface area (Å²) >= 11 is 0. The van der Waals surface area contributed by atoms with Crippen molar-refractivity contribution < 1.29 is 28.7 Å². The number of benzene rings is 4. The first-order valence-electron chi connectivity index (χ1n) is 12.5. The third-order valence-electron chi connectivity index (χ3n) is 6.56. The van der Waals surface area contributed by atoms with Gasteiger partial charge in [0, 0.05) is 6.07 Å². The standard InChI is InChI=1S/C31H30N2O7/c1-37-28-19-26(33(35)36)27(20-29(28)38-2)40-21-25(30(34)39-3)32-31(22-13-7-4-8-14-22,23-15-9-5-10-16-23)24-17-11-6-12-18-24/h4-20,25,32H,21H2,1-3H3. The predicted octanol–water partition coefficient (Wildman–Crippen LogP) is 5.11. The van der Waals surface area contributed by atoms with Gasteiger partial charge in [-0.1, -0.05) is 91.0 Å². The first-order chi connectivity index (χ1) is 19.4. The number of esters is 1. The number of nitro benzene ring substituents is 1. The highest BCUT2D eigenvalue weighted by Gasteiger charge is 2.40. The number of ether oxygens (including phenoxy) is 4. The zero-order valence-corrected chi connectivity index (χ0v) is 22.4. The fourth-order valence-electron chi connectivity index (χ4n) is 4.67. The number of nitro groups is 1. The van der Waals surface area contributed by atoms with E-state index in [2.05, 4.69) is 5.32 Å². The Balaban J connectivity index is 1.82. The van der Waals surface area contributed by atoms with E-state index in [1.54, 1.807) is 0 Å². The minimum Gasteiger partial charge on any atom is -0.493 e. The monoisotopic (exact) mass is 542 g/mol. The molecule has 0 heterocycles. The molecule has 0 spiro atoms. The Hall–Kier alpha value is -4.89. The molecule has 4 rings (SSSR count). The number of carbonyl (C=O) groups excluding carboxylic acids is 1. The molecule has 0 amide bonds. The van der Waals surface area contributed by atoms with Crippen LogP contribution in [-0.2, 0) is 15.1 Å². The molecule has 0 bridgehead atoms. The third kappa shape index (κ3) is 5.74. The largest absolute Gasteiger partial charge is 0.493 e. The Morgan fingerprint density at radius 2 is 1.23 bits per heavy atom. The van der Waals surface area contributed by atoms with Gasteiger partial charge in [0.2, 0.25) is 5.75 Å². The zero-order chi connectivity index (χ0) is 28.5. The van der Waals surface area contributed by atoms with Crippen molar-refractivity contribution in [3.05, 3.63) is 130 Å². The fraction of sp³-hybridized carbons (Fsp3) is 0.194. The van der Waals surface area contributed by atoms with Gasteiger partial charge < -0.3 is 18.9 Å². The molecule has 0 aliphatic rings. The van der Waals surface area contributed by atoms with E-state index in [1.165, 1.54) is 33.5 Å². The summed E-state index contributed by atoms with van der Waals surface area (Å²) in [6.07, 6.45) is 0. The van der Waals surface area contributed by atoms with Gasteiger partial charge in [-0.15, -0.1) is 0 Å². The minimum atomic E-state index is -1.04. The van der Waals surface area contributed by atoms with Crippen molar-refractivity contribution in [2.45, 2.75) is 11.6 Å². The second-order valence-electron chi connectivity index (χ2n) is 8.81. The van der Waals surface area contributed by atoms with Gasteiger partial charge in [-0.25, -0.2) is 0 Å². The number of nitrogens with one attached hydrogen (secondary N) is 1. The highest BCUT2D eigenvalue weighted by molar-refractivity contribution is 5.76. The Bertz CT molecular complexity index is 1330. The van der Waals surface area contributed by atoms with Crippen molar-refractivity contribution in [1.82, 2.24) is 5.32 Å². The second kappa shape index (κ2) is 12.8. The molecule has 0 fully saturated rings. The molecule has 9 heteroatoms. The summed E-state index contributed by atoms with van der Waals surface area (Å²) < 4.78 is 21.6. The van der Waals surface area contributed by atoms with Crippen LogP contribution in [-0.4, -0.2) is 44.9 Å². The molecule has 0 aliphatic carbocycles. The van der Waals surface area contributed by atoms with Crippen LogP contribution in [0.25, 0.3) is 0 Å². The van der Waals surface area contributed by atoms with Crippen molar-refractivity contribution in [2.24, 2.45) is 0 Å². The molecule has 0 aromatic heterocycles. The van der Waals surface area contributed by atoms with Crippen molar-refractivity contribution in [2.75, 3.05) is 27.9 Å². The molecule has 40 heavy (non-hydrogen) atoms. The first-order valence-corrected chi connectivity index (χ1v) is 12.5. The molecule has 0 saturated carbocycles. The van der Waals surface area contributed by atoms with Crippen LogP contribution in [0, 0.1) is 10.1 Å². The summed E-state index contributed by atoms with van der Waals surface area (Å²) in [4.78, 5) is 24.5. The van der Waals surface area contributed by atoms with Crippen LogP contribution in [0.1, 0.15) is 16.7 Å². The predicted molar refractivity (Wildman–Crippen MR) is 150 cm³/mol. The lowest BCUT2D eigenvalue weighted by atomic mass is 9.76. The topological polar surface area (TPSA) is 109 Å². The highest BCUT2D eigenvalue weighted by Crippen LogP contribution is 2.40. The van der Waals surface area contributed by atoms with Crippen LogP contribution in [0.15, 0.2) is 103 Å². The van der Waals surface area contributed by atoms with Crippen LogP contribution >= 0.6 is 0 Å². The van der Waals surface area contributed by atoms with E-state index >= 15 is 0 Å². The van der Waals surface area contributed by atoms with Gasteiger partial charge in [0.15, 0.2) is 11.5 Å². The van der Waals surface area contributed by atoms with Gasteiger partial charge in [0.1, 0.15) is 12.6 Å². The molecule has 9 nitrogen and oxygen atoms in total. The second-order valence-corrected chi connectivity index (χ2v) is 8.81. The van der Waals surface area contributed by atoms with E-state index in [4.69, 9.17) is 18.9 Å². The summed E-state index contributed by atoms with van der Waals surface area (Å²) in [5.41, 5.74) is 1.28. The number of rotatable bonds is 12. The maximum Gasteiger partial charge on any atom is 0.326 e. The molecule has 0 saturated heterocycles. The van der Waals surface area contributed by atoms with Crippen LogP contribution in [0.4, 0.5) is 5.69 Å². The van der Waals surface area contributed by atoms with Gasteiger partial charge in [-0.3, -0.25) is 20.2 Å². The lowest BCUT2D eigenvalue weighted by Gasteiger charge is -2.39. The Labute approximate surface area is 232 Å². The Kier molecular flexibility index (Phi) is 8.98. The number of carbonyl (C=O) groups is 1. The van der Waals surface area contributed by atoms with E-state index in [-0.39, 0.29) is 29.5 Å². The highest BCUT2D eigenvalue weighted by atomic mass is 16.6. The quantitative estimate of drug-likeness (QED) is 0.114. The molecular weight excluding hydrogens is 512 g/mol. The number of nitrogens with zero attached hydrogens (tertiary/aromatic N) is 1. The van der Waals surface area contributed by atoms with Crippen molar-refractivity contribution in [3.63, 3.8) is 0 Å². The number of hydrogen-bond acceptors (Lipinski definition) is 8. The van der Waals surface area contributed by atoms with E-state index in [9.17, 15) is 14.9 Å². The van der Waals surface area contributed by atoms with Gasteiger partial charge in [-0.05, 0) is 16.7 Å². The SMILES string of the molecule is COC(=O)C(COc1cc(OC)c(OC)cc1[N+](=O)[O-])NC(c1ccccc1)(c1ccccc1)c1ccccc1. The molecule has 0 aliphatic heterocycles. The van der Waals surface area contributed by atoms with Crippen LogP contribution in [0.3, 0.4) is 0 Å². The summed E-state index contributed by atoms with van der Waals surface area (Å²) in [6, 6.07) is 30.7. The van der Waals surface area contributed by atoms with E-state index in [0.717, 1.165) is 16.7 Å². The number of methoxy groups -OCH3 is 3. The molecule has 1 unspecified atom stereocenters. The van der Waals surface area contributed by atoms with Crippen molar-refractivity contribution in [3.8, 4) is 17.2 Å². The van der Waals surface area contributed by atoms with Gasteiger partial charge in [-0.2, -0.15) is 0 Å². The van der Waals surface area contributed by atoms with Crippen LogP contribution < -0.4 is 19.5 Å². The van der Waals surface area contributed by atoms with E-state index in [1.807, 2.05) is 91.0 Å². The summed E-state index contributed by atoms with van der Waals surface area (Å²) in [5.74, 6) is -0.253. The average molecular weight is 543 g/mol. The Morgan fingerprint density at radius 1 is 0.775 bits per heavy atom. The first kappa shape index (κ1) is 28.1. The summed E-state index contributed by atoms with van der Waals surface area (Å²) in [7, 11) is 4.08. The minimum absolute atomic E-state index is 0.0805. The molecule has 0 radical (unpaired) electrons. The van der Waals surface area contributed by atoms with E-state index < -0.39 is 22.5 Å². The maximum atomic E-state index is 13.2. The van der Waals surface area contributed by atoms with Crippen LogP contribution in [0.5, 0.6) is 17.2 Å². The summed E-state index contributed by atoms with van der Waals surface area (Å²) in [5, 5.41) is 15.3. The fourth-order valence-corrected chi connectivity index (χ4v) is 4.67. The molecule has 1 N–H and O–H groups in total. The van der Waals surface area contributed by atoms with Gasteiger partial charge in [0.25, 0.3) is 0 Å².